The van der Waals surface area contributed by atoms with E-state index in [-0.39, 0.29) is 11.3 Å². The SMILES string of the molecule is CC1(C)c2ccccc2N2CC(=O)NC21C=Cc1cccc(Cl)c1. The van der Waals surface area contributed by atoms with Crippen LogP contribution in [-0.2, 0) is 10.2 Å². The van der Waals surface area contributed by atoms with Gasteiger partial charge in [-0.3, -0.25) is 4.79 Å². The molecule has 0 saturated carbocycles. The number of fused-ring (bicyclic) bond motifs is 3. The van der Waals surface area contributed by atoms with Crippen molar-refractivity contribution in [2.45, 2.75) is 24.9 Å². The number of para-hydroxylation sites is 1. The lowest BCUT2D eigenvalue weighted by atomic mass is 9.75. The summed E-state index contributed by atoms with van der Waals surface area (Å²) in [6, 6.07) is 16.0. The lowest BCUT2D eigenvalue weighted by Gasteiger charge is -2.40. The molecule has 0 radical (unpaired) electrons. The van der Waals surface area contributed by atoms with Gasteiger partial charge in [0.2, 0.25) is 5.91 Å². The van der Waals surface area contributed by atoms with Crippen LogP contribution in [0.2, 0.25) is 5.02 Å². The minimum absolute atomic E-state index is 0.0494. The molecule has 0 spiro atoms. The molecular weight excluding hydrogens is 320 g/mol. The molecule has 2 heterocycles. The summed E-state index contributed by atoms with van der Waals surface area (Å²) < 4.78 is 0. The number of amides is 1. The number of anilines is 1. The van der Waals surface area contributed by atoms with Crippen molar-refractivity contribution >= 4 is 29.3 Å². The van der Waals surface area contributed by atoms with Gasteiger partial charge in [0.1, 0.15) is 5.66 Å². The number of halogens is 1. The Morgan fingerprint density at radius 2 is 1.96 bits per heavy atom. The van der Waals surface area contributed by atoms with Crippen LogP contribution in [0, 0.1) is 0 Å². The first-order chi connectivity index (χ1) is 11.4. The Hall–Kier alpha value is -2.26. The van der Waals surface area contributed by atoms with Gasteiger partial charge in [-0.2, -0.15) is 0 Å². The summed E-state index contributed by atoms with van der Waals surface area (Å²) in [5.74, 6) is 0.0494. The summed E-state index contributed by atoms with van der Waals surface area (Å²) in [7, 11) is 0. The molecular formula is C20H19ClN2O. The van der Waals surface area contributed by atoms with Crippen LogP contribution in [0.4, 0.5) is 5.69 Å². The molecule has 3 nitrogen and oxygen atoms in total. The molecule has 2 aliphatic heterocycles. The van der Waals surface area contributed by atoms with Gasteiger partial charge in [0.15, 0.2) is 0 Å². The topological polar surface area (TPSA) is 32.3 Å². The van der Waals surface area contributed by atoms with E-state index in [4.69, 9.17) is 11.6 Å². The van der Waals surface area contributed by atoms with Gasteiger partial charge in [-0.15, -0.1) is 0 Å². The fourth-order valence-corrected chi connectivity index (χ4v) is 4.17. The van der Waals surface area contributed by atoms with Gasteiger partial charge >= 0.3 is 0 Å². The van der Waals surface area contributed by atoms with Gasteiger partial charge in [0.25, 0.3) is 0 Å². The van der Waals surface area contributed by atoms with Crippen molar-refractivity contribution in [3.05, 3.63) is 70.8 Å². The lowest BCUT2D eigenvalue weighted by Crippen LogP contribution is -2.58. The number of nitrogens with one attached hydrogen (secondary N) is 1. The first-order valence-corrected chi connectivity index (χ1v) is 8.45. The van der Waals surface area contributed by atoms with Gasteiger partial charge in [-0.25, -0.2) is 0 Å². The van der Waals surface area contributed by atoms with Crippen LogP contribution < -0.4 is 10.2 Å². The van der Waals surface area contributed by atoms with Crippen LogP contribution in [0.15, 0.2) is 54.6 Å². The fraction of sp³-hybridized carbons (Fsp3) is 0.250. The summed E-state index contributed by atoms with van der Waals surface area (Å²) >= 11 is 6.09. The second-order valence-corrected chi connectivity index (χ2v) is 7.37. The van der Waals surface area contributed by atoms with Gasteiger partial charge in [0.05, 0.1) is 6.54 Å². The highest BCUT2D eigenvalue weighted by Crippen LogP contribution is 2.52. The molecule has 1 atom stereocenters. The first-order valence-electron chi connectivity index (χ1n) is 8.07. The molecule has 4 rings (SSSR count). The molecule has 0 aliphatic carbocycles. The maximum Gasteiger partial charge on any atom is 0.241 e. The van der Waals surface area contributed by atoms with Crippen LogP contribution in [0.3, 0.4) is 0 Å². The highest BCUT2D eigenvalue weighted by Gasteiger charge is 2.59. The monoisotopic (exact) mass is 338 g/mol. The van der Waals surface area contributed by atoms with E-state index in [1.807, 2.05) is 36.4 Å². The summed E-state index contributed by atoms with van der Waals surface area (Å²) in [6.45, 7) is 4.74. The summed E-state index contributed by atoms with van der Waals surface area (Å²) in [6.07, 6.45) is 4.14. The maximum atomic E-state index is 12.2. The average molecular weight is 339 g/mol. The van der Waals surface area contributed by atoms with E-state index < -0.39 is 5.66 Å². The van der Waals surface area contributed by atoms with Crippen molar-refractivity contribution in [1.29, 1.82) is 0 Å². The second-order valence-electron chi connectivity index (χ2n) is 6.93. The van der Waals surface area contributed by atoms with E-state index in [2.05, 4.69) is 48.3 Å². The smallest absolute Gasteiger partial charge is 0.241 e. The number of carbonyl (C=O) groups excluding carboxylic acids is 1. The Labute approximate surface area is 146 Å². The van der Waals surface area contributed by atoms with Crippen LogP contribution in [0.5, 0.6) is 0 Å². The molecule has 1 fully saturated rings. The van der Waals surface area contributed by atoms with E-state index in [0.717, 1.165) is 11.3 Å². The van der Waals surface area contributed by atoms with Crippen molar-refractivity contribution in [3.8, 4) is 0 Å². The summed E-state index contributed by atoms with van der Waals surface area (Å²) in [5, 5.41) is 3.92. The van der Waals surface area contributed by atoms with E-state index in [1.54, 1.807) is 0 Å². The molecule has 2 aromatic carbocycles. The molecule has 1 amide bonds. The molecule has 4 heteroatoms. The van der Waals surface area contributed by atoms with E-state index >= 15 is 0 Å². The van der Waals surface area contributed by atoms with Crippen molar-refractivity contribution in [2.24, 2.45) is 0 Å². The minimum Gasteiger partial charge on any atom is -0.335 e. The molecule has 24 heavy (non-hydrogen) atoms. The number of hydrogen-bond acceptors (Lipinski definition) is 2. The van der Waals surface area contributed by atoms with Crippen molar-refractivity contribution in [3.63, 3.8) is 0 Å². The molecule has 0 bridgehead atoms. The third-order valence-corrected chi connectivity index (χ3v) is 5.48. The molecule has 0 aromatic heterocycles. The normalized spacial score (nSPS) is 24.1. The quantitative estimate of drug-likeness (QED) is 0.898. The Kier molecular flexibility index (Phi) is 3.26. The summed E-state index contributed by atoms with van der Waals surface area (Å²) in [5.41, 5.74) is 2.59. The zero-order valence-corrected chi connectivity index (χ0v) is 14.5. The highest BCUT2D eigenvalue weighted by molar-refractivity contribution is 6.30. The van der Waals surface area contributed by atoms with E-state index in [1.165, 1.54) is 5.56 Å². The molecule has 1 N–H and O–H groups in total. The van der Waals surface area contributed by atoms with Crippen molar-refractivity contribution in [2.75, 3.05) is 11.4 Å². The Bertz CT molecular complexity index is 858. The highest BCUT2D eigenvalue weighted by atomic mass is 35.5. The molecule has 2 aromatic rings. The average Bonchev–Trinajstić information content (AvgIpc) is 2.98. The lowest BCUT2D eigenvalue weighted by molar-refractivity contribution is -0.118. The Morgan fingerprint density at radius 1 is 1.17 bits per heavy atom. The van der Waals surface area contributed by atoms with E-state index in [0.29, 0.717) is 11.6 Å². The Morgan fingerprint density at radius 3 is 2.75 bits per heavy atom. The van der Waals surface area contributed by atoms with Crippen LogP contribution in [0.1, 0.15) is 25.0 Å². The molecule has 1 saturated heterocycles. The third kappa shape index (κ3) is 2.01. The summed E-state index contributed by atoms with van der Waals surface area (Å²) in [4.78, 5) is 14.4. The van der Waals surface area contributed by atoms with Crippen molar-refractivity contribution in [1.82, 2.24) is 5.32 Å². The number of benzene rings is 2. The predicted molar refractivity (Wildman–Crippen MR) is 98.2 cm³/mol. The van der Waals surface area contributed by atoms with Gasteiger partial charge < -0.3 is 10.2 Å². The molecule has 1 unspecified atom stereocenters. The second kappa shape index (κ2) is 5.12. The molecule has 122 valence electrons. The standard InChI is InChI=1S/C20H19ClN2O/c1-19(2)16-8-3-4-9-17(16)23-13-18(24)22-20(19,23)11-10-14-6-5-7-15(21)12-14/h3-12H,13H2,1-2H3,(H,22,24). The number of carbonyl (C=O) groups is 1. The molecule has 2 aliphatic rings. The fourth-order valence-electron chi connectivity index (χ4n) is 3.97. The van der Waals surface area contributed by atoms with Gasteiger partial charge in [-0.05, 0) is 35.4 Å². The van der Waals surface area contributed by atoms with Crippen LogP contribution >= 0.6 is 11.6 Å². The minimum atomic E-state index is -0.559. The first kappa shape index (κ1) is 15.3. The maximum absolute atomic E-state index is 12.2. The largest absolute Gasteiger partial charge is 0.335 e. The number of hydrogen-bond donors (Lipinski definition) is 1. The number of nitrogens with zero attached hydrogens (tertiary/aromatic N) is 1. The van der Waals surface area contributed by atoms with Crippen LogP contribution in [0.25, 0.3) is 6.08 Å². The van der Waals surface area contributed by atoms with Gasteiger partial charge in [-0.1, -0.05) is 61.9 Å². The zero-order valence-electron chi connectivity index (χ0n) is 13.7. The zero-order chi connectivity index (χ0) is 16.9. The van der Waals surface area contributed by atoms with E-state index in [9.17, 15) is 4.79 Å². The predicted octanol–water partition coefficient (Wildman–Crippen LogP) is 3.98. The Balaban J connectivity index is 1.84. The van der Waals surface area contributed by atoms with Gasteiger partial charge in [0, 0.05) is 16.1 Å². The van der Waals surface area contributed by atoms with Crippen molar-refractivity contribution < 1.29 is 4.79 Å². The number of rotatable bonds is 2. The third-order valence-electron chi connectivity index (χ3n) is 5.24. The van der Waals surface area contributed by atoms with Crippen LogP contribution in [-0.4, -0.2) is 18.1 Å².